The molecule has 1 aromatic carbocycles. The Morgan fingerprint density at radius 1 is 1.25 bits per heavy atom. The van der Waals surface area contributed by atoms with Gasteiger partial charge in [0.2, 0.25) is 0 Å². The van der Waals surface area contributed by atoms with Crippen LogP contribution in [0.2, 0.25) is 15.1 Å². The Bertz CT molecular complexity index is 646. The van der Waals surface area contributed by atoms with Crippen LogP contribution in [0.25, 0.3) is 11.0 Å². The molecule has 1 heterocycles. The van der Waals surface area contributed by atoms with Crippen molar-refractivity contribution in [3.05, 3.63) is 32.5 Å². The molecule has 108 valence electrons. The molecule has 1 fully saturated rings. The molecule has 1 N–H and O–H groups in total. The maximum absolute atomic E-state index is 6.38. The van der Waals surface area contributed by atoms with Gasteiger partial charge in [0.05, 0.1) is 21.6 Å². The van der Waals surface area contributed by atoms with E-state index in [1.165, 1.54) is 18.4 Å². The quantitative estimate of drug-likeness (QED) is 0.555. The second-order valence-corrected chi connectivity index (χ2v) is 6.44. The van der Waals surface area contributed by atoms with Crippen molar-refractivity contribution in [1.29, 1.82) is 0 Å². The van der Waals surface area contributed by atoms with Gasteiger partial charge in [-0.15, -0.1) is 0 Å². The molecule has 20 heavy (non-hydrogen) atoms. The number of nitrogens with one attached hydrogen (secondary N) is 1. The third kappa shape index (κ3) is 2.55. The summed E-state index contributed by atoms with van der Waals surface area (Å²) in [5.41, 5.74) is 1.86. The highest BCUT2D eigenvalue weighted by atomic mass is 35.5. The smallest absolute Gasteiger partial charge is 0.154 e. The molecule has 0 unspecified atom stereocenters. The van der Waals surface area contributed by atoms with Crippen LogP contribution in [0.15, 0.2) is 10.5 Å². The van der Waals surface area contributed by atoms with Crippen LogP contribution in [0.1, 0.15) is 43.4 Å². The minimum absolute atomic E-state index is 0.486. The van der Waals surface area contributed by atoms with Crippen molar-refractivity contribution >= 4 is 45.8 Å². The van der Waals surface area contributed by atoms with Gasteiger partial charge in [-0.1, -0.05) is 41.7 Å². The molecule has 1 aromatic heterocycles. The van der Waals surface area contributed by atoms with Crippen LogP contribution in [0.5, 0.6) is 0 Å². The Labute approximate surface area is 133 Å². The number of fused-ring (bicyclic) bond motifs is 1. The lowest BCUT2D eigenvalue weighted by molar-refractivity contribution is 0.507. The van der Waals surface area contributed by atoms with Crippen LogP contribution < -0.4 is 5.32 Å². The maximum atomic E-state index is 6.38. The molecule has 0 amide bonds. The van der Waals surface area contributed by atoms with Gasteiger partial charge in [-0.2, -0.15) is 0 Å². The van der Waals surface area contributed by atoms with Crippen molar-refractivity contribution in [2.75, 3.05) is 6.54 Å². The fourth-order valence-electron chi connectivity index (χ4n) is 2.55. The van der Waals surface area contributed by atoms with Crippen LogP contribution in [-0.4, -0.2) is 6.54 Å². The summed E-state index contributed by atoms with van der Waals surface area (Å²) in [4.78, 5) is 0. The zero-order chi connectivity index (χ0) is 14.3. The monoisotopic (exact) mass is 331 g/mol. The molecule has 0 spiro atoms. The van der Waals surface area contributed by atoms with Crippen LogP contribution in [-0.2, 0) is 6.54 Å². The van der Waals surface area contributed by atoms with E-state index < -0.39 is 0 Å². The number of hydrogen-bond donors (Lipinski definition) is 1. The molecule has 1 saturated carbocycles. The number of rotatable bonds is 5. The van der Waals surface area contributed by atoms with Crippen LogP contribution >= 0.6 is 34.8 Å². The molecule has 1 aliphatic rings. The Balaban J connectivity index is 2.12. The van der Waals surface area contributed by atoms with Crippen LogP contribution in [0.4, 0.5) is 0 Å². The average molecular weight is 333 g/mol. The number of halogens is 3. The fraction of sp³-hybridized carbons (Fsp3) is 0.467. The minimum atomic E-state index is 0.486. The van der Waals surface area contributed by atoms with Crippen molar-refractivity contribution in [2.24, 2.45) is 0 Å². The molecule has 5 heteroatoms. The Hall–Kier alpha value is -0.410. The standard InChI is InChI=1S/C15H16Cl3NO/c1-2-5-19-7-11-12(8-3-4-8)13-14(18)9(16)6-10(17)15(13)20-11/h6,8,19H,2-5,7H2,1H3. The van der Waals surface area contributed by atoms with Gasteiger partial charge in [0.15, 0.2) is 5.58 Å². The minimum Gasteiger partial charge on any atom is -0.458 e. The highest BCUT2D eigenvalue weighted by Gasteiger charge is 2.32. The molecule has 0 aliphatic heterocycles. The predicted octanol–water partition coefficient (Wildman–Crippen LogP) is 5.77. The second kappa shape index (κ2) is 5.76. The van der Waals surface area contributed by atoms with Crippen molar-refractivity contribution in [2.45, 2.75) is 38.6 Å². The lowest BCUT2D eigenvalue weighted by Gasteiger charge is -2.04. The summed E-state index contributed by atoms with van der Waals surface area (Å²) < 4.78 is 5.98. The van der Waals surface area contributed by atoms with E-state index in [4.69, 9.17) is 39.2 Å². The number of hydrogen-bond acceptors (Lipinski definition) is 2. The first-order valence-electron chi connectivity index (χ1n) is 6.93. The first kappa shape index (κ1) is 14.5. The number of benzene rings is 1. The van der Waals surface area contributed by atoms with Gasteiger partial charge >= 0.3 is 0 Å². The zero-order valence-corrected chi connectivity index (χ0v) is 13.5. The highest BCUT2D eigenvalue weighted by molar-refractivity contribution is 6.47. The fourth-order valence-corrected chi connectivity index (χ4v) is 3.29. The highest BCUT2D eigenvalue weighted by Crippen LogP contribution is 2.50. The molecule has 0 bridgehead atoms. The van der Waals surface area contributed by atoms with Crippen molar-refractivity contribution in [1.82, 2.24) is 5.32 Å². The van der Waals surface area contributed by atoms with Gasteiger partial charge in [-0.05, 0) is 37.8 Å². The summed E-state index contributed by atoms with van der Waals surface area (Å²) in [5, 5.41) is 5.84. The van der Waals surface area contributed by atoms with Gasteiger partial charge in [0.1, 0.15) is 5.76 Å². The normalized spacial score (nSPS) is 15.2. The van der Waals surface area contributed by atoms with E-state index in [9.17, 15) is 0 Å². The van der Waals surface area contributed by atoms with E-state index in [-0.39, 0.29) is 0 Å². The summed E-state index contributed by atoms with van der Waals surface area (Å²) in [6.07, 6.45) is 3.44. The Morgan fingerprint density at radius 2 is 2.00 bits per heavy atom. The van der Waals surface area contributed by atoms with Crippen LogP contribution in [0.3, 0.4) is 0 Å². The van der Waals surface area contributed by atoms with Crippen molar-refractivity contribution in [3.8, 4) is 0 Å². The van der Waals surface area contributed by atoms with Gasteiger partial charge in [0, 0.05) is 10.9 Å². The zero-order valence-electron chi connectivity index (χ0n) is 11.2. The topological polar surface area (TPSA) is 25.2 Å². The lowest BCUT2D eigenvalue weighted by atomic mass is 10.1. The Kier molecular flexibility index (Phi) is 4.19. The maximum Gasteiger partial charge on any atom is 0.154 e. The average Bonchev–Trinajstić information content (AvgIpc) is 3.18. The molecule has 2 nitrogen and oxygen atoms in total. The van der Waals surface area contributed by atoms with E-state index in [0.29, 0.717) is 33.1 Å². The van der Waals surface area contributed by atoms with Crippen LogP contribution in [0, 0.1) is 0 Å². The van der Waals surface area contributed by atoms with E-state index in [0.717, 1.165) is 24.1 Å². The first-order valence-corrected chi connectivity index (χ1v) is 8.06. The van der Waals surface area contributed by atoms with E-state index in [1.807, 2.05) is 0 Å². The third-order valence-corrected chi connectivity index (χ3v) is 4.69. The van der Waals surface area contributed by atoms with Gasteiger partial charge in [-0.3, -0.25) is 0 Å². The molecule has 2 aromatic rings. The third-order valence-electron chi connectivity index (χ3n) is 3.62. The molecular weight excluding hydrogens is 317 g/mol. The van der Waals surface area contributed by atoms with E-state index in [1.54, 1.807) is 6.07 Å². The SMILES string of the molecule is CCCNCc1oc2c(Cl)cc(Cl)c(Cl)c2c1C1CC1. The Morgan fingerprint density at radius 3 is 2.65 bits per heavy atom. The molecule has 3 rings (SSSR count). The molecule has 0 saturated heterocycles. The van der Waals surface area contributed by atoms with Gasteiger partial charge in [-0.25, -0.2) is 0 Å². The van der Waals surface area contributed by atoms with Gasteiger partial charge < -0.3 is 9.73 Å². The first-order chi connectivity index (χ1) is 9.63. The summed E-state index contributed by atoms with van der Waals surface area (Å²) in [7, 11) is 0. The lowest BCUT2D eigenvalue weighted by Crippen LogP contribution is -2.14. The van der Waals surface area contributed by atoms with Gasteiger partial charge in [0.25, 0.3) is 0 Å². The largest absolute Gasteiger partial charge is 0.458 e. The van der Waals surface area contributed by atoms with E-state index >= 15 is 0 Å². The summed E-state index contributed by atoms with van der Waals surface area (Å²) >= 11 is 18.8. The van der Waals surface area contributed by atoms with Crippen molar-refractivity contribution in [3.63, 3.8) is 0 Å². The molecular formula is C15H16Cl3NO. The molecule has 1 aliphatic carbocycles. The van der Waals surface area contributed by atoms with Crippen molar-refractivity contribution < 1.29 is 4.42 Å². The molecule has 0 atom stereocenters. The molecule has 0 radical (unpaired) electrons. The summed E-state index contributed by atoms with van der Waals surface area (Å²) in [6.45, 7) is 3.81. The predicted molar refractivity (Wildman–Crippen MR) is 85.2 cm³/mol. The second-order valence-electron chi connectivity index (χ2n) is 5.25. The van der Waals surface area contributed by atoms with E-state index in [2.05, 4.69) is 12.2 Å². The number of furan rings is 1. The summed E-state index contributed by atoms with van der Waals surface area (Å²) in [6, 6.07) is 1.65. The summed E-state index contributed by atoms with van der Waals surface area (Å²) in [5.74, 6) is 1.48.